The van der Waals surface area contributed by atoms with Gasteiger partial charge in [-0.3, -0.25) is 14.9 Å². The first-order valence-electron chi connectivity index (χ1n) is 5.73. The van der Waals surface area contributed by atoms with E-state index in [1.807, 2.05) is 20.8 Å². The molecule has 1 heterocycles. The lowest BCUT2D eigenvalue weighted by Crippen LogP contribution is -2.51. The molecule has 1 aliphatic heterocycles. The number of nitrogens with zero attached hydrogens (tertiary/aromatic N) is 1. The normalized spacial score (nSPS) is 24.2. The van der Waals surface area contributed by atoms with Gasteiger partial charge in [0.2, 0.25) is 5.91 Å². The van der Waals surface area contributed by atoms with E-state index in [0.29, 0.717) is 6.42 Å². The van der Waals surface area contributed by atoms with Gasteiger partial charge in [-0.25, -0.2) is 4.79 Å². The van der Waals surface area contributed by atoms with E-state index in [4.69, 9.17) is 0 Å². The van der Waals surface area contributed by atoms with Crippen LogP contribution in [0.15, 0.2) is 0 Å². The second-order valence-corrected chi connectivity index (χ2v) is 4.70. The van der Waals surface area contributed by atoms with Crippen LogP contribution in [0.5, 0.6) is 0 Å². The predicted molar refractivity (Wildman–Crippen MR) is 62.2 cm³/mol. The van der Waals surface area contributed by atoms with E-state index < -0.39 is 11.6 Å². The largest absolute Gasteiger partial charge is 0.352 e. The molecule has 0 saturated carbocycles. The fourth-order valence-electron chi connectivity index (χ4n) is 1.75. The van der Waals surface area contributed by atoms with Crippen LogP contribution in [-0.2, 0) is 9.59 Å². The van der Waals surface area contributed by atoms with Gasteiger partial charge in [0.05, 0.1) is 0 Å². The number of hydrogen-bond donors (Lipinski definition) is 2. The van der Waals surface area contributed by atoms with Crippen molar-refractivity contribution in [2.45, 2.75) is 45.7 Å². The molecule has 1 unspecified atom stereocenters. The second-order valence-electron chi connectivity index (χ2n) is 4.70. The standard InChI is InChI=1S/C11H19N3O3/c1-5-11(4)9(16)13-10(17)14(11)6-8(15)12-7(2)3/h7H,5-6H2,1-4H3,(H,12,15)(H,13,16,17). The van der Waals surface area contributed by atoms with Gasteiger partial charge in [0.1, 0.15) is 12.1 Å². The third kappa shape index (κ3) is 2.57. The van der Waals surface area contributed by atoms with Gasteiger partial charge in [0, 0.05) is 6.04 Å². The Hall–Kier alpha value is -1.59. The van der Waals surface area contributed by atoms with Gasteiger partial charge >= 0.3 is 6.03 Å². The Morgan fingerprint density at radius 3 is 2.53 bits per heavy atom. The summed E-state index contributed by atoms with van der Waals surface area (Å²) >= 11 is 0. The molecule has 1 atom stereocenters. The van der Waals surface area contributed by atoms with Crippen LogP contribution >= 0.6 is 0 Å². The lowest BCUT2D eigenvalue weighted by Gasteiger charge is -2.30. The predicted octanol–water partition coefficient (Wildman–Crippen LogP) is 0.231. The molecule has 0 aromatic carbocycles. The summed E-state index contributed by atoms with van der Waals surface area (Å²) in [5.41, 5.74) is -0.925. The van der Waals surface area contributed by atoms with Crippen molar-refractivity contribution in [2.24, 2.45) is 0 Å². The Balaban J connectivity index is 2.78. The molecule has 0 aromatic heterocycles. The second kappa shape index (κ2) is 4.73. The zero-order chi connectivity index (χ0) is 13.2. The summed E-state index contributed by atoms with van der Waals surface area (Å²) in [5.74, 6) is -0.605. The van der Waals surface area contributed by atoms with Gasteiger partial charge in [-0.05, 0) is 27.2 Å². The fraction of sp³-hybridized carbons (Fsp3) is 0.727. The van der Waals surface area contributed by atoms with Crippen molar-refractivity contribution in [1.82, 2.24) is 15.5 Å². The summed E-state index contributed by atoms with van der Waals surface area (Å²) in [7, 11) is 0. The number of urea groups is 1. The first-order valence-corrected chi connectivity index (χ1v) is 5.73. The maximum absolute atomic E-state index is 11.6. The highest BCUT2D eigenvalue weighted by atomic mass is 16.2. The molecular formula is C11H19N3O3. The van der Waals surface area contributed by atoms with Crippen LogP contribution in [0.3, 0.4) is 0 Å². The summed E-state index contributed by atoms with van der Waals surface area (Å²) in [6, 6.07) is -0.491. The van der Waals surface area contributed by atoms with Crippen molar-refractivity contribution >= 4 is 17.8 Å². The zero-order valence-corrected chi connectivity index (χ0v) is 10.7. The summed E-state index contributed by atoms with van der Waals surface area (Å²) in [6.07, 6.45) is 0.472. The number of hydrogen-bond acceptors (Lipinski definition) is 3. The summed E-state index contributed by atoms with van der Waals surface area (Å²) < 4.78 is 0. The molecule has 1 saturated heterocycles. The molecule has 2 N–H and O–H groups in total. The minimum Gasteiger partial charge on any atom is -0.352 e. The van der Waals surface area contributed by atoms with E-state index in [2.05, 4.69) is 10.6 Å². The van der Waals surface area contributed by atoms with E-state index in [1.54, 1.807) is 6.92 Å². The summed E-state index contributed by atoms with van der Waals surface area (Å²) in [5, 5.41) is 4.93. The maximum Gasteiger partial charge on any atom is 0.325 e. The highest BCUT2D eigenvalue weighted by Gasteiger charge is 2.48. The number of carbonyl (C=O) groups excluding carboxylic acids is 3. The molecule has 6 heteroatoms. The van der Waals surface area contributed by atoms with E-state index in [-0.39, 0.29) is 24.4 Å². The fourth-order valence-corrected chi connectivity index (χ4v) is 1.75. The number of carbonyl (C=O) groups is 3. The first kappa shape index (κ1) is 13.5. The molecule has 0 aromatic rings. The van der Waals surface area contributed by atoms with Crippen molar-refractivity contribution in [3.05, 3.63) is 0 Å². The van der Waals surface area contributed by atoms with Gasteiger partial charge in [0.15, 0.2) is 0 Å². The molecule has 1 aliphatic rings. The molecular weight excluding hydrogens is 222 g/mol. The van der Waals surface area contributed by atoms with Crippen LogP contribution in [0, 0.1) is 0 Å². The Morgan fingerprint density at radius 2 is 2.06 bits per heavy atom. The van der Waals surface area contributed by atoms with Crippen molar-refractivity contribution in [3.63, 3.8) is 0 Å². The van der Waals surface area contributed by atoms with Crippen LogP contribution in [0.2, 0.25) is 0 Å². The molecule has 0 bridgehead atoms. The Morgan fingerprint density at radius 1 is 1.47 bits per heavy atom. The van der Waals surface area contributed by atoms with Crippen molar-refractivity contribution in [2.75, 3.05) is 6.54 Å². The molecule has 0 aliphatic carbocycles. The maximum atomic E-state index is 11.6. The van der Waals surface area contributed by atoms with Gasteiger partial charge in [-0.15, -0.1) is 0 Å². The van der Waals surface area contributed by atoms with E-state index >= 15 is 0 Å². The van der Waals surface area contributed by atoms with Gasteiger partial charge in [0.25, 0.3) is 5.91 Å². The van der Waals surface area contributed by atoms with Crippen LogP contribution in [-0.4, -0.2) is 40.9 Å². The van der Waals surface area contributed by atoms with Crippen LogP contribution in [0.4, 0.5) is 4.79 Å². The molecule has 17 heavy (non-hydrogen) atoms. The Bertz CT molecular complexity index is 354. The number of rotatable bonds is 4. The molecule has 96 valence electrons. The van der Waals surface area contributed by atoms with Crippen LogP contribution in [0.25, 0.3) is 0 Å². The minimum atomic E-state index is -0.925. The van der Waals surface area contributed by atoms with Crippen LogP contribution in [0.1, 0.15) is 34.1 Å². The van der Waals surface area contributed by atoms with Gasteiger partial charge in [-0.1, -0.05) is 6.92 Å². The molecule has 0 spiro atoms. The van der Waals surface area contributed by atoms with Crippen molar-refractivity contribution in [1.29, 1.82) is 0 Å². The Kier molecular flexibility index (Phi) is 3.75. The zero-order valence-electron chi connectivity index (χ0n) is 10.7. The number of nitrogens with one attached hydrogen (secondary N) is 2. The van der Waals surface area contributed by atoms with Crippen molar-refractivity contribution in [3.8, 4) is 0 Å². The Labute approximate surface area is 101 Å². The summed E-state index contributed by atoms with van der Waals surface area (Å²) in [4.78, 5) is 36.1. The monoisotopic (exact) mass is 241 g/mol. The molecule has 6 nitrogen and oxygen atoms in total. The molecule has 0 radical (unpaired) electrons. The lowest BCUT2D eigenvalue weighted by atomic mass is 9.97. The highest BCUT2D eigenvalue weighted by molar-refractivity contribution is 6.07. The van der Waals surface area contributed by atoms with E-state index in [0.717, 1.165) is 0 Å². The number of imide groups is 1. The topological polar surface area (TPSA) is 78.5 Å². The molecule has 1 fully saturated rings. The average Bonchev–Trinajstić information content (AvgIpc) is 2.42. The third-order valence-corrected chi connectivity index (χ3v) is 2.99. The highest BCUT2D eigenvalue weighted by Crippen LogP contribution is 2.24. The van der Waals surface area contributed by atoms with E-state index in [1.165, 1.54) is 4.90 Å². The molecule has 1 rings (SSSR count). The molecule has 4 amide bonds. The van der Waals surface area contributed by atoms with E-state index in [9.17, 15) is 14.4 Å². The van der Waals surface area contributed by atoms with Gasteiger partial charge < -0.3 is 10.2 Å². The minimum absolute atomic E-state index is 0.0109. The third-order valence-electron chi connectivity index (χ3n) is 2.99. The first-order chi connectivity index (χ1) is 7.81. The quantitative estimate of drug-likeness (QED) is 0.692. The van der Waals surface area contributed by atoms with Crippen molar-refractivity contribution < 1.29 is 14.4 Å². The smallest absolute Gasteiger partial charge is 0.325 e. The summed E-state index contributed by atoms with van der Waals surface area (Å²) in [6.45, 7) is 7.06. The number of amides is 4. The van der Waals surface area contributed by atoms with Gasteiger partial charge in [-0.2, -0.15) is 0 Å². The van der Waals surface area contributed by atoms with Crippen LogP contribution < -0.4 is 10.6 Å². The SMILES string of the molecule is CCC1(C)C(=O)NC(=O)N1CC(=O)NC(C)C. The average molecular weight is 241 g/mol. The lowest BCUT2D eigenvalue weighted by molar-refractivity contribution is -0.128.